The molecule has 3 aromatic rings. The minimum absolute atomic E-state index is 0.00570. The summed E-state index contributed by atoms with van der Waals surface area (Å²) in [5.41, 5.74) is -1.49. The van der Waals surface area contributed by atoms with Crippen molar-refractivity contribution in [2.45, 2.75) is 6.42 Å². The van der Waals surface area contributed by atoms with Crippen LogP contribution in [0.3, 0.4) is 0 Å². The normalized spacial score (nSPS) is 11.1. The van der Waals surface area contributed by atoms with Crippen molar-refractivity contribution in [3.63, 3.8) is 0 Å². The fourth-order valence-corrected chi connectivity index (χ4v) is 2.50. The highest BCUT2D eigenvalue weighted by atomic mass is 19.2. The van der Waals surface area contributed by atoms with E-state index in [-0.39, 0.29) is 17.4 Å². The van der Waals surface area contributed by atoms with Crippen LogP contribution in [0.5, 0.6) is 0 Å². The summed E-state index contributed by atoms with van der Waals surface area (Å²) in [5.74, 6) is -11.4. The SMILES string of the molecule is C=CCc1cccc2c(=O)cc(-c3c(F)c(F)c(F)c(F)c3F)oc12. The van der Waals surface area contributed by atoms with Crippen molar-refractivity contribution in [3.05, 3.63) is 81.8 Å². The van der Waals surface area contributed by atoms with E-state index in [2.05, 4.69) is 6.58 Å². The van der Waals surface area contributed by atoms with Crippen molar-refractivity contribution in [2.24, 2.45) is 0 Å². The zero-order valence-electron chi connectivity index (χ0n) is 12.5. The molecule has 7 heteroatoms. The first-order chi connectivity index (χ1) is 11.9. The molecule has 3 rings (SSSR count). The van der Waals surface area contributed by atoms with Gasteiger partial charge in [-0.05, 0) is 18.1 Å². The monoisotopic (exact) mass is 352 g/mol. The quantitative estimate of drug-likeness (QED) is 0.291. The van der Waals surface area contributed by atoms with Gasteiger partial charge in [-0.15, -0.1) is 6.58 Å². The maximum atomic E-state index is 14.0. The Labute approximate surface area is 137 Å². The van der Waals surface area contributed by atoms with E-state index in [0.717, 1.165) is 0 Å². The number of hydrogen-bond acceptors (Lipinski definition) is 2. The van der Waals surface area contributed by atoms with E-state index in [9.17, 15) is 26.7 Å². The minimum atomic E-state index is -2.28. The largest absolute Gasteiger partial charge is 0.455 e. The molecule has 1 aromatic heterocycles. The molecule has 0 radical (unpaired) electrons. The maximum Gasteiger partial charge on any atom is 0.200 e. The summed E-state index contributed by atoms with van der Waals surface area (Å²) in [6.45, 7) is 3.55. The van der Waals surface area contributed by atoms with E-state index in [0.29, 0.717) is 11.6 Å². The van der Waals surface area contributed by atoms with E-state index in [1.807, 2.05) is 0 Å². The molecule has 0 aliphatic rings. The number of halogens is 5. The molecular weight excluding hydrogens is 343 g/mol. The van der Waals surface area contributed by atoms with Crippen LogP contribution in [-0.4, -0.2) is 0 Å². The van der Waals surface area contributed by atoms with Gasteiger partial charge in [0.1, 0.15) is 11.3 Å². The molecule has 128 valence electrons. The summed E-state index contributed by atoms with van der Waals surface area (Å²) in [6.07, 6.45) is 1.79. The van der Waals surface area contributed by atoms with Crippen LogP contribution in [0, 0.1) is 29.1 Å². The molecule has 25 heavy (non-hydrogen) atoms. The molecule has 1 heterocycles. The van der Waals surface area contributed by atoms with Gasteiger partial charge < -0.3 is 4.42 Å². The maximum absolute atomic E-state index is 14.0. The third kappa shape index (κ3) is 2.61. The molecule has 0 aliphatic heterocycles. The number of rotatable bonds is 3. The highest BCUT2D eigenvalue weighted by molar-refractivity contribution is 5.82. The molecular formula is C18H9F5O2. The topological polar surface area (TPSA) is 30.2 Å². The summed E-state index contributed by atoms with van der Waals surface area (Å²) >= 11 is 0. The minimum Gasteiger partial charge on any atom is -0.455 e. The fourth-order valence-electron chi connectivity index (χ4n) is 2.50. The number of fused-ring (bicyclic) bond motifs is 1. The first kappa shape index (κ1) is 16.9. The fraction of sp³-hybridized carbons (Fsp3) is 0.0556. The Morgan fingerprint density at radius 2 is 1.56 bits per heavy atom. The summed E-state index contributed by atoms with van der Waals surface area (Å²) in [5, 5.41) is 0.118. The predicted octanol–water partition coefficient (Wildman–Crippen LogP) is 4.88. The molecule has 0 amide bonds. The van der Waals surface area contributed by atoms with Crippen LogP contribution in [0.2, 0.25) is 0 Å². The lowest BCUT2D eigenvalue weighted by molar-refractivity contribution is 0.379. The number of allylic oxidation sites excluding steroid dienone is 1. The van der Waals surface area contributed by atoms with Gasteiger partial charge in [0, 0.05) is 6.07 Å². The Bertz CT molecular complexity index is 1040. The first-order valence-electron chi connectivity index (χ1n) is 7.05. The van der Waals surface area contributed by atoms with Gasteiger partial charge in [-0.3, -0.25) is 4.79 Å². The molecule has 0 N–H and O–H groups in total. The van der Waals surface area contributed by atoms with E-state index in [1.54, 1.807) is 12.1 Å². The van der Waals surface area contributed by atoms with E-state index < -0.39 is 45.8 Å². The van der Waals surface area contributed by atoms with Crippen molar-refractivity contribution in [1.29, 1.82) is 0 Å². The summed E-state index contributed by atoms with van der Waals surface area (Å²) < 4.78 is 73.3. The Morgan fingerprint density at radius 1 is 0.960 bits per heavy atom. The van der Waals surface area contributed by atoms with Gasteiger partial charge >= 0.3 is 0 Å². The second kappa shape index (κ2) is 6.16. The molecule has 0 saturated carbocycles. The van der Waals surface area contributed by atoms with Gasteiger partial charge in [0.15, 0.2) is 28.7 Å². The van der Waals surface area contributed by atoms with E-state index in [1.165, 1.54) is 12.1 Å². The molecule has 0 saturated heterocycles. The van der Waals surface area contributed by atoms with Gasteiger partial charge in [0.25, 0.3) is 0 Å². The standard InChI is InChI=1S/C18H9F5O2/c1-2-4-8-5-3-6-9-10(24)7-11(25-18(8)9)12-13(19)15(21)17(23)16(22)14(12)20/h2-3,5-7H,1,4H2. The average molecular weight is 352 g/mol. The zero-order valence-corrected chi connectivity index (χ0v) is 12.5. The van der Waals surface area contributed by atoms with Crippen molar-refractivity contribution in [3.8, 4) is 11.3 Å². The second-order valence-electron chi connectivity index (χ2n) is 5.21. The van der Waals surface area contributed by atoms with Crippen LogP contribution in [0.15, 0.2) is 46.1 Å². The molecule has 0 spiro atoms. The average Bonchev–Trinajstić information content (AvgIpc) is 2.59. The van der Waals surface area contributed by atoms with Gasteiger partial charge in [0.2, 0.25) is 5.82 Å². The molecule has 0 atom stereocenters. The predicted molar refractivity (Wildman–Crippen MR) is 81.6 cm³/mol. The van der Waals surface area contributed by atoms with Gasteiger partial charge in [-0.2, -0.15) is 0 Å². The summed E-state index contributed by atoms with van der Waals surface area (Å²) in [4.78, 5) is 12.2. The smallest absolute Gasteiger partial charge is 0.200 e. The zero-order chi connectivity index (χ0) is 18.3. The summed E-state index contributed by atoms with van der Waals surface area (Å²) in [7, 11) is 0. The van der Waals surface area contributed by atoms with Crippen LogP contribution < -0.4 is 5.43 Å². The first-order valence-corrected chi connectivity index (χ1v) is 7.05. The van der Waals surface area contributed by atoms with Crippen LogP contribution in [0.1, 0.15) is 5.56 Å². The second-order valence-corrected chi connectivity index (χ2v) is 5.21. The van der Waals surface area contributed by atoms with Crippen molar-refractivity contribution >= 4 is 11.0 Å². The van der Waals surface area contributed by atoms with Gasteiger partial charge in [-0.1, -0.05) is 18.2 Å². The molecule has 0 aliphatic carbocycles. The Hall–Kier alpha value is -2.96. The molecule has 0 fully saturated rings. The highest BCUT2D eigenvalue weighted by Crippen LogP contribution is 2.32. The third-order valence-electron chi connectivity index (χ3n) is 3.66. The number of hydrogen-bond donors (Lipinski definition) is 0. The summed E-state index contributed by atoms with van der Waals surface area (Å²) in [6, 6.07) is 5.29. The lowest BCUT2D eigenvalue weighted by Gasteiger charge is -2.09. The van der Waals surface area contributed by atoms with E-state index in [4.69, 9.17) is 4.42 Å². The number of benzene rings is 2. The molecule has 0 unspecified atom stereocenters. The van der Waals surface area contributed by atoms with Crippen LogP contribution in [0.25, 0.3) is 22.3 Å². The van der Waals surface area contributed by atoms with Gasteiger partial charge in [-0.25, -0.2) is 22.0 Å². The lowest BCUT2D eigenvalue weighted by Crippen LogP contribution is -2.07. The molecule has 0 bridgehead atoms. The Kier molecular flexibility index (Phi) is 4.16. The van der Waals surface area contributed by atoms with Crippen LogP contribution in [-0.2, 0) is 6.42 Å². The highest BCUT2D eigenvalue weighted by Gasteiger charge is 2.28. The van der Waals surface area contributed by atoms with E-state index >= 15 is 0 Å². The lowest BCUT2D eigenvalue weighted by atomic mass is 10.1. The van der Waals surface area contributed by atoms with Crippen molar-refractivity contribution in [2.75, 3.05) is 0 Å². The molecule has 2 aromatic carbocycles. The Balaban J connectivity index is 2.40. The Morgan fingerprint density at radius 3 is 2.16 bits per heavy atom. The number of para-hydroxylation sites is 1. The van der Waals surface area contributed by atoms with Crippen molar-refractivity contribution < 1.29 is 26.4 Å². The van der Waals surface area contributed by atoms with Crippen LogP contribution in [0.4, 0.5) is 22.0 Å². The van der Waals surface area contributed by atoms with Crippen molar-refractivity contribution in [1.82, 2.24) is 0 Å². The third-order valence-corrected chi connectivity index (χ3v) is 3.66. The van der Waals surface area contributed by atoms with Gasteiger partial charge in [0.05, 0.1) is 10.9 Å². The molecule has 2 nitrogen and oxygen atoms in total. The van der Waals surface area contributed by atoms with Crippen LogP contribution >= 0.6 is 0 Å².